The number of hydrogen-bond acceptors (Lipinski definition) is 3. The van der Waals surface area contributed by atoms with Crippen molar-refractivity contribution in [2.75, 3.05) is 0 Å². The van der Waals surface area contributed by atoms with Crippen LogP contribution in [0, 0.1) is 0 Å². The molecule has 3 N–H and O–H groups in total. The van der Waals surface area contributed by atoms with E-state index in [0.29, 0.717) is 5.75 Å². The maximum Gasteiger partial charge on any atom is 0.157 e. The Kier molecular flexibility index (Phi) is 4.04. The summed E-state index contributed by atoms with van der Waals surface area (Å²) in [5.41, 5.74) is 0. The highest BCUT2D eigenvalue weighted by Gasteiger charge is 1.90. The first-order chi connectivity index (χ1) is 7.20. The standard InChI is InChI=1S/C6H6O2.C6H6O/c7-5-3-1-2-4-6(5)8;7-6-4-2-1-3-5-6/h1-4,7-8H;1-5,7H. The number of rotatable bonds is 0. The maximum absolute atomic E-state index is 8.67. The van der Waals surface area contributed by atoms with Crippen molar-refractivity contribution < 1.29 is 15.3 Å². The van der Waals surface area contributed by atoms with Crippen molar-refractivity contribution in [1.82, 2.24) is 0 Å². The lowest BCUT2D eigenvalue weighted by molar-refractivity contribution is 0.404. The van der Waals surface area contributed by atoms with Gasteiger partial charge < -0.3 is 15.3 Å². The zero-order valence-corrected chi connectivity index (χ0v) is 8.04. The molecule has 0 radical (unpaired) electrons. The minimum atomic E-state index is -0.0764. The summed E-state index contributed by atoms with van der Waals surface area (Å²) < 4.78 is 0. The average Bonchev–Trinajstić information content (AvgIpc) is 2.25. The summed E-state index contributed by atoms with van der Waals surface area (Å²) in [6.07, 6.45) is 0. The number of benzene rings is 2. The highest BCUT2D eigenvalue weighted by molar-refractivity contribution is 5.36. The van der Waals surface area contributed by atoms with Crippen LogP contribution in [0.3, 0.4) is 0 Å². The summed E-state index contributed by atoms with van der Waals surface area (Å²) in [5, 5.41) is 26.0. The molecule has 2 rings (SSSR count). The second-order valence-electron chi connectivity index (χ2n) is 2.82. The summed E-state index contributed by atoms with van der Waals surface area (Å²) in [4.78, 5) is 0. The van der Waals surface area contributed by atoms with E-state index in [1.165, 1.54) is 12.1 Å². The Balaban J connectivity index is 0.000000151. The minimum absolute atomic E-state index is 0.0764. The molecule has 0 heterocycles. The fourth-order valence-electron chi connectivity index (χ4n) is 0.892. The Bertz CT molecular complexity index is 378. The van der Waals surface area contributed by atoms with Crippen LogP contribution in [0.2, 0.25) is 0 Å². The van der Waals surface area contributed by atoms with E-state index < -0.39 is 0 Å². The zero-order valence-electron chi connectivity index (χ0n) is 8.04. The van der Waals surface area contributed by atoms with E-state index in [1.807, 2.05) is 6.07 Å². The van der Waals surface area contributed by atoms with Gasteiger partial charge in [-0.3, -0.25) is 0 Å². The third-order valence-electron chi connectivity index (χ3n) is 1.64. The Labute approximate surface area is 87.9 Å². The predicted molar refractivity (Wildman–Crippen MR) is 57.9 cm³/mol. The summed E-state index contributed by atoms with van der Waals surface area (Å²) in [5.74, 6) is 0.169. The number of phenols is 3. The minimum Gasteiger partial charge on any atom is -0.508 e. The molecule has 0 aliphatic heterocycles. The van der Waals surface area contributed by atoms with Crippen LogP contribution in [0.1, 0.15) is 0 Å². The summed E-state index contributed by atoms with van der Waals surface area (Å²) in [7, 11) is 0. The largest absolute Gasteiger partial charge is 0.508 e. The molecule has 0 unspecified atom stereocenters. The van der Waals surface area contributed by atoms with Gasteiger partial charge in [-0.2, -0.15) is 0 Å². The lowest BCUT2D eigenvalue weighted by Crippen LogP contribution is -1.63. The van der Waals surface area contributed by atoms with Crippen LogP contribution in [-0.2, 0) is 0 Å². The average molecular weight is 204 g/mol. The number of phenolic OH excluding ortho intramolecular Hbond substituents is 3. The molecule has 0 saturated carbocycles. The zero-order chi connectivity index (χ0) is 11.1. The van der Waals surface area contributed by atoms with Crippen LogP contribution in [-0.4, -0.2) is 15.3 Å². The van der Waals surface area contributed by atoms with Crippen molar-refractivity contribution in [3.8, 4) is 17.2 Å². The molecule has 3 heteroatoms. The van der Waals surface area contributed by atoms with Crippen LogP contribution < -0.4 is 0 Å². The van der Waals surface area contributed by atoms with Crippen molar-refractivity contribution in [2.45, 2.75) is 0 Å². The first kappa shape index (κ1) is 10.9. The number of hydrogen-bond donors (Lipinski definition) is 3. The number of aromatic hydroxyl groups is 3. The normalized spacial score (nSPS) is 8.80. The van der Waals surface area contributed by atoms with Gasteiger partial charge >= 0.3 is 0 Å². The first-order valence-electron chi connectivity index (χ1n) is 4.41. The van der Waals surface area contributed by atoms with E-state index in [1.54, 1.807) is 36.4 Å². The van der Waals surface area contributed by atoms with E-state index in [4.69, 9.17) is 15.3 Å². The van der Waals surface area contributed by atoms with Gasteiger partial charge in [-0.1, -0.05) is 30.3 Å². The van der Waals surface area contributed by atoms with E-state index in [2.05, 4.69) is 0 Å². The molecule has 0 bridgehead atoms. The van der Waals surface area contributed by atoms with Gasteiger partial charge in [0.05, 0.1) is 0 Å². The SMILES string of the molecule is Oc1ccccc1.Oc1ccccc1O. The lowest BCUT2D eigenvalue weighted by atomic mass is 10.3. The fraction of sp³-hybridized carbons (Fsp3) is 0. The van der Waals surface area contributed by atoms with Crippen molar-refractivity contribution in [2.24, 2.45) is 0 Å². The highest BCUT2D eigenvalue weighted by atomic mass is 16.3. The van der Waals surface area contributed by atoms with Crippen LogP contribution >= 0.6 is 0 Å². The smallest absolute Gasteiger partial charge is 0.157 e. The molecule has 0 aromatic heterocycles. The van der Waals surface area contributed by atoms with Gasteiger partial charge in [0.15, 0.2) is 11.5 Å². The first-order valence-corrected chi connectivity index (χ1v) is 4.41. The fourth-order valence-corrected chi connectivity index (χ4v) is 0.892. The van der Waals surface area contributed by atoms with Gasteiger partial charge in [0, 0.05) is 0 Å². The lowest BCUT2D eigenvalue weighted by Gasteiger charge is -1.91. The third-order valence-corrected chi connectivity index (χ3v) is 1.64. The van der Waals surface area contributed by atoms with Gasteiger partial charge in [0.1, 0.15) is 5.75 Å². The Hall–Kier alpha value is -2.16. The van der Waals surface area contributed by atoms with Crippen molar-refractivity contribution in [3.63, 3.8) is 0 Å². The highest BCUT2D eigenvalue weighted by Crippen LogP contribution is 2.21. The molecule has 0 amide bonds. The monoisotopic (exact) mass is 204 g/mol. The maximum atomic E-state index is 8.67. The quantitative estimate of drug-likeness (QED) is 0.578. The molecular weight excluding hydrogens is 192 g/mol. The van der Waals surface area contributed by atoms with Gasteiger partial charge in [-0.05, 0) is 24.3 Å². The molecule has 78 valence electrons. The molecule has 0 atom stereocenters. The molecule has 0 aliphatic rings. The molecule has 0 spiro atoms. The van der Waals surface area contributed by atoms with E-state index in [9.17, 15) is 0 Å². The van der Waals surface area contributed by atoms with Gasteiger partial charge in [0.25, 0.3) is 0 Å². The predicted octanol–water partition coefficient (Wildman–Crippen LogP) is 2.49. The van der Waals surface area contributed by atoms with E-state index in [-0.39, 0.29) is 11.5 Å². The Morgan fingerprint density at radius 2 is 0.933 bits per heavy atom. The van der Waals surface area contributed by atoms with E-state index >= 15 is 0 Å². The Morgan fingerprint density at radius 1 is 0.533 bits per heavy atom. The van der Waals surface area contributed by atoms with Crippen LogP contribution in [0.5, 0.6) is 17.2 Å². The van der Waals surface area contributed by atoms with Crippen LogP contribution in [0.15, 0.2) is 54.6 Å². The summed E-state index contributed by atoms with van der Waals surface area (Å²) in [6, 6.07) is 14.9. The molecule has 2 aromatic carbocycles. The van der Waals surface area contributed by atoms with Crippen molar-refractivity contribution in [3.05, 3.63) is 54.6 Å². The summed E-state index contributed by atoms with van der Waals surface area (Å²) in [6.45, 7) is 0. The van der Waals surface area contributed by atoms with Crippen molar-refractivity contribution >= 4 is 0 Å². The summed E-state index contributed by atoms with van der Waals surface area (Å²) >= 11 is 0. The van der Waals surface area contributed by atoms with Gasteiger partial charge in [-0.15, -0.1) is 0 Å². The topological polar surface area (TPSA) is 60.7 Å². The van der Waals surface area contributed by atoms with Crippen LogP contribution in [0.25, 0.3) is 0 Å². The molecule has 0 aliphatic carbocycles. The Morgan fingerprint density at radius 3 is 1.20 bits per heavy atom. The van der Waals surface area contributed by atoms with E-state index in [0.717, 1.165) is 0 Å². The second kappa shape index (κ2) is 5.54. The molecule has 0 fully saturated rings. The van der Waals surface area contributed by atoms with Crippen LogP contribution in [0.4, 0.5) is 0 Å². The molecule has 15 heavy (non-hydrogen) atoms. The van der Waals surface area contributed by atoms with Crippen molar-refractivity contribution in [1.29, 1.82) is 0 Å². The number of para-hydroxylation sites is 3. The van der Waals surface area contributed by atoms with Gasteiger partial charge in [0.2, 0.25) is 0 Å². The second-order valence-corrected chi connectivity index (χ2v) is 2.82. The third kappa shape index (κ3) is 4.04. The molecule has 0 saturated heterocycles. The molecular formula is C12H12O3. The molecule has 2 aromatic rings. The van der Waals surface area contributed by atoms with Gasteiger partial charge in [-0.25, -0.2) is 0 Å². The molecule has 3 nitrogen and oxygen atoms in total.